The molecule has 0 aliphatic carbocycles. The van der Waals surface area contributed by atoms with Crippen LogP contribution in [-0.4, -0.2) is 49.7 Å². The van der Waals surface area contributed by atoms with Gasteiger partial charge in [-0.1, -0.05) is 0 Å². The first kappa shape index (κ1) is 17.1. The number of nitrogens with one attached hydrogen (secondary N) is 2. The van der Waals surface area contributed by atoms with E-state index in [-0.39, 0.29) is 23.7 Å². The van der Waals surface area contributed by atoms with E-state index in [1.165, 1.54) is 6.26 Å². The van der Waals surface area contributed by atoms with Crippen LogP contribution in [0, 0.1) is 6.92 Å². The molecule has 3 rings (SSSR count). The zero-order chi connectivity index (χ0) is 17.6. The second-order valence-electron chi connectivity index (χ2n) is 5.70. The highest BCUT2D eigenvalue weighted by molar-refractivity contribution is 5.91. The van der Waals surface area contributed by atoms with Gasteiger partial charge in [0, 0.05) is 19.6 Å². The Labute approximate surface area is 145 Å². The number of ether oxygens (including phenoxy) is 1. The second-order valence-corrected chi connectivity index (χ2v) is 5.70. The minimum absolute atomic E-state index is 0.213. The first-order valence-corrected chi connectivity index (χ1v) is 8.15. The maximum atomic E-state index is 12.4. The molecule has 0 unspecified atom stereocenters. The fourth-order valence-corrected chi connectivity index (χ4v) is 2.66. The number of carbonyl (C=O) groups excluding carboxylic acids is 2. The lowest BCUT2D eigenvalue weighted by molar-refractivity contribution is 0.00413. The fraction of sp³-hybridized carbons (Fsp3) is 0.412. The summed E-state index contributed by atoms with van der Waals surface area (Å²) < 4.78 is 16.1. The van der Waals surface area contributed by atoms with Crippen LogP contribution >= 0.6 is 0 Å². The monoisotopic (exact) mass is 347 g/mol. The maximum Gasteiger partial charge on any atom is 0.318 e. The molecule has 3 heterocycles. The van der Waals surface area contributed by atoms with Gasteiger partial charge in [-0.15, -0.1) is 0 Å². The van der Waals surface area contributed by atoms with Crippen molar-refractivity contribution in [3.8, 4) is 0 Å². The molecule has 8 nitrogen and oxygen atoms in total. The average Bonchev–Trinajstić information content (AvgIpc) is 3.30. The van der Waals surface area contributed by atoms with E-state index in [9.17, 15) is 9.59 Å². The summed E-state index contributed by atoms with van der Waals surface area (Å²) in [7, 11) is 0. The van der Waals surface area contributed by atoms with Gasteiger partial charge < -0.3 is 29.1 Å². The van der Waals surface area contributed by atoms with Gasteiger partial charge in [-0.3, -0.25) is 4.79 Å². The van der Waals surface area contributed by atoms with Crippen molar-refractivity contribution in [2.75, 3.05) is 32.8 Å². The molecule has 0 radical (unpaired) electrons. The van der Waals surface area contributed by atoms with Crippen molar-refractivity contribution in [2.24, 2.45) is 0 Å². The van der Waals surface area contributed by atoms with Crippen molar-refractivity contribution in [3.63, 3.8) is 0 Å². The standard InChI is InChI=1S/C17H21N3O5/c1-12-4-5-14(25-12)13-11-23-10-8-20(13)17(22)19-7-6-18-16(21)15-3-2-9-24-15/h2-5,9,13H,6-8,10-11H2,1H3,(H,18,21)(H,19,22)/t13-/m1/s1. The molecule has 1 fully saturated rings. The van der Waals surface area contributed by atoms with E-state index in [2.05, 4.69) is 10.6 Å². The molecular weight excluding hydrogens is 326 g/mol. The van der Waals surface area contributed by atoms with Gasteiger partial charge in [0.1, 0.15) is 17.6 Å². The summed E-state index contributed by atoms with van der Waals surface area (Å²) in [5, 5.41) is 5.48. The maximum absolute atomic E-state index is 12.4. The van der Waals surface area contributed by atoms with E-state index >= 15 is 0 Å². The van der Waals surface area contributed by atoms with Crippen molar-refractivity contribution in [3.05, 3.63) is 47.8 Å². The van der Waals surface area contributed by atoms with Crippen molar-refractivity contribution in [1.82, 2.24) is 15.5 Å². The molecule has 1 aliphatic rings. The molecule has 2 N–H and O–H groups in total. The van der Waals surface area contributed by atoms with Crippen molar-refractivity contribution in [2.45, 2.75) is 13.0 Å². The van der Waals surface area contributed by atoms with E-state index in [0.717, 1.165) is 5.76 Å². The van der Waals surface area contributed by atoms with Gasteiger partial charge in [-0.05, 0) is 31.2 Å². The van der Waals surface area contributed by atoms with Crippen LogP contribution in [0.4, 0.5) is 4.79 Å². The van der Waals surface area contributed by atoms with Crippen LogP contribution in [0.1, 0.15) is 28.1 Å². The highest BCUT2D eigenvalue weighted by Gasteiger charge is 2.30. The van der Waals surface area contributed by atoms with Gasteiger partial charge in [0.2, 0.25) is 0 Å². The summed E-state index contributed by atoms with van der Waals surface area (Å²) in [4.78, 5) is 25.9. The Bertz CT molecular complexity index is 710. The number of rotatable bonds is 5. The summed E-state index contributed by atoms with van der Waals surface area (Å²) in [5.41, 5.74) is 0. The second kappa shape index (κ2) is 7.89. The van der Waals surface area contributed by atoms with Crippen LogP contribution in [0.15, 0.2) is 39.4 Å². The number of urea groups is 1. The van der Waals surface area contributed by atoms with Crippen molar-refractivity contribution < 1.29 is 23.2 Å². The predicted octanol–water partition coefficient (Wildman–Crippen LogP) is 1.69. The number of carbonyl (C=O) groups is 2. The Morgan fingerprint density at radius 1 is 1.24 bits per heavy atom. The van der Waals surface area contributed by atoms with Crippen molar-refractivity contribution >= 4 is 11.9 Å². The molecule has 1 atom stereocenters. The molecule has 0 saturated carbocycles. The number of aryl methyl sites for hydroxylation is 1. The average molecular weight is 347 g/mol. The molecule has 2 aromatic rings. The summed E-state index contributed by atoms with van der Waals surface area (Å²) in [6, 6.07) is 6.49. The largest absolute Gasteiger partial charge is 0.464 e. The Morgan fingerprint density at radius 2 is 2.08 bits per heavy atom. The van der Waals surface area contributed by atoms with Gasteiger partial charge >= 0.3 is 6.03 Å². The lowest BCUT2D eigenvalue weighted by Gasteiger charge is -2.34. The number of hydrogen-bond donors (Lipinski definition) is 2. The molecule has 0 aromatic carbocycles. The summed E-state index contributed by atoms with van der Waals surface area (Å²) in [5.74, 6) is 1.43. The number of amides is 3. The molecule has 0 bridgehead atoms. The van der Waals surface area contributed by atoms with Crippen LogP contribution in [-0.2, 0) is 4.74 Å². The molecule has 2 aromatic heterocycles. The first-order valence-electron chi connectivity index (χ1n) is 8.15. The molecule has 3 amide bonds. The Kier molecular flexibility index (Phi) is 5.39. The zero-order valence-corrected chi connectivity index (χ0v) is 14.0. The van der Waals surface area contributed by atoms with Gasteiger partial charge in [0.05, 0.1) is 19.5 Å². The highest BCUT2D eigenvalue weighted by atomic mass is 16.5. The van der Waals surface area contributed by atoms with E-state index < -0.39 is 0 Å². The minimum atomic E-state index is -0.311. The molecular formula is C17H21N3O5. The summed E-state index contributed by atoms with van der Waals surface area (Å²) >= 11 is 0. The van der Waals surface area contributed by atoms with E-state index in [4.69, 9.17) is 13.6 Å². The fourth-order valence-electron chi connectivity index (χ4n) is 2.66. The molecule has 134 valence electrons. The quantitative estimate of drug-likeness (QED) is 0.803. The van der Waals surface area contributed by atoms with Gasteiger partial charge in [-0.25, -0.2) is 4.79 Å². The number of hydrogen-bond acceptors (Lipinski definition) is 5. The lowest BCUT2D eigenvalue weighted by atomic mass is 10.2. The number of morpholine rings is 1. The topological polar surface area (TPSA) is 97.0 Å². The van der Waals surface area contributed by atoms with Gasteiger partial charge in [-0.2, -0.15) is 0 Å². The van der Waals surface area contributed by atoms with Crippen LogP contribution in [0.3, 0.4) is 0 Å². The smallest absolute Gasteiger partial charge is 0.318 e. The van der Waals surface area contributed by atoms with E-state index in [0.29, 0.717) is 38.6 Å². The molecule has 0 spiro atoms. The van der Waals surface area contributed by atoms with Gasteiger partial charge in [0.25, 0.3) is 5.91 Å². The van der Waals surface area contributed by atoms with Gasteiger partial charge in [0.15, 0.2) is 5.76 Å². The Hall–Kier alpha value is -2.74. The first-order chi connectivity index (χ1) is 12.1. The SMILES string of the molecule is Cc1ccc([C@H]2COCCN2C(=O)NCCNC(=O)c2ccco2)o1. The van der Waals surface area contributed by atoms with E-state index in [1.54, 1.807) is 17.0 Å². The Balaban J connectivity index is 1.48. The number of nitrogens with zero attached hydrogens (tertiary/aromatic N) is 1. The third-order valence-corrected chi connectivity index (χ3v) is 3.91. The predicted molar refractivity (Wildman–Crippen MR) is 88.2 cm³/mol. The van der Waals surface area contributed by atoms with Crippen LogP contribution in [0.2, 0.25) is 0 Å². The molecule has 25 heavy (non-hydrogen) atoms. The zero-order valence-electron chi connectivity index (χ0n) is 14.0. The molecule has 8 heteroatoms. The number of furan rings is 2. The third-order valence-electron chi connectivity index (χ3n) is 3.91. The van der Waals surface area contributed by atoms with Crippen LogP contribution in [0.25, 0.3) is 0 Å². The molecule has 1 aliphatic heterocycles. The Morgan fingerprint density at radius 3 is 2.80 bits per heavy atom. The summed E-state index contributed by atoms with van der Waals surface area (Å²) in [6.45, 7) is 3.84. The van der Waals surface area contributed by atoms with Crippen molar-refractivity contribution in [1.29, 1.82) is 0 Å². The van der Waals surface area contributed by atoms with E-state index in [1.807, 2.05) is 19.1 Å². The molecule has 1 saturated heterocycles. The normalized spacial score (nSPS) is 17.3. The lowest BCUT2D eigenvalue weighted by Crippen LogP contribution is -2.49. The third kappa shape index (κ3) is 4.21. The highest BCUT2D eigenvalue weighted by Crippen LogP contribution is 2.25. The van der Waals surface area contributed by atoms with Crippen LogP contribution in [0.5, 0.6) is 0 Å². The minimum Gasteiger partial charge on any atom is -0.464 e. The van der Waals surface area contributed by atoms with Crippen LogP contribution < -0.4 is 10.6 Å². The summed E-state index contributed by atoms with van der Waals surface area (Å²) in [6.07, 6.45) is 1.44.